The van der Waals surface area contributed by atoms with Crippen molar-refractivity contribution >= 4 is 11.8 Å². The smallest absolute Gasteiger partial charge is 0.267 e. The summed E-state index contributed by atoms with van der Waals surface area (Å²) in [5.41, 5.74) is 4.75. The van der Waals surface area contributed by atoms with E-state index in [1.807, 2.05) is 12.3 Å². The minimum Gasteiger partial charge on any atom is -0.267 e. The lowest BCUT2D eigenvalue weighted by Gasteiger charge is -2.09. The molecular formula is C16H14F2N2O2. The molecule has 2 aromatic rings. The Bertz CT molecular complexity index is 680. The molecule has 2 aromatic carbocycles. The molecular weight excluding hydrogens is 290 g/mol. The highest BCUT2D eigenvalue weighted by Gasteiger charge is 2.17. The van der Waals surface area contributed by atoms with Crippen molar-refractivity contribution in [3.63, 3.8) is 0 Å². The number of carbonyl (C=O) groups excluding carboxylic acids is 2. The average Bonchev–Trinajstić information content (AvgIpc) is 2.52. The predicted molar refractivity (Wildman–Crippen MR) is 77.1 cm³/mol. The van der Waals surface area contributed by atoms with Crippen molar-refractivity contribution in [3.8, 4) is 0 Å². The molecule has 0 radical (unpaired) electrons. The Labute approximate surface area is 126 Å². The SMILES string of the molecule is CCc1ccc(C(=O)NNC(=O)c2c(F)cccc2F)cc1. The van der Waals surface area contributed by atoms with Crippen LogP contribution in [0, 0.1) is 11.6 Å². The Morgan fingerprint density at radius 2 is 1.45 bits per heavy atom. The van der Waals surface area contributed by atoms with E-state index in [1.54, 1.807) is 24.3 Å². The molecule has 0 fully saturated rings. The first-order chi connectivity index (χ1) is 10.5. The first-order valence-electron chi connectivity index (χ1n) is 6.66. The first kappa shape index (κ1) is 15.6. The summed E-state index contributed by atoms with van der Waals surface area (Å²) < 4.78 is 26.8. The quantitative estimate of drug-likeness (QED) is 0.856. The summed E-state index contributed by atoms with van der Waals surface area (Å²) in [7, 11) is 0. The summed E-state index contributed by atoms with van der Waals surface area (Å²) in [6.07, 6.45) is 0.838. The Morgan fingerprint density at radius 1 is 0.909 bits per heavy atom. The second kappa shape index (κ2) is 6.80. The standard InChI is InChI=1S/C16H14F2N2O2/c1-2-10-6-8-11(9-7-10)15(21)19-20-16(22)14-12(17)4-3-5-13(14)18/h3-9H,2H2,1H3,(H,19,21)(H,20,22). The van der Waals surface area contributed by atoms with Gasteiger partial charge in [-0.05, 0) is 36.2 Å². The highest BCUT2D eigenvalue weighted by atomic mass is 19.1. The number of nitrogens with one attached hydrogen (secondary N) is 2. The van der Waals surface area contributed by atoms with Gasteiger partial charge in [-0.2, -0.15) is 0 Å². The molecule has 0 aliphatic rings. The lowest BCUT2D eigenvalue weighted by Crippen LogP contribution is -2.42. The summed E-state index contributed by atoms with van der Waals surface area (Å²) in [5, 5.41) is 0. The van der Waals surface area contributed by atoms with Gasteiger partial charge < -0.3 is 0 Å². The van der Waals surface area contributed by atoms with Crippen molar-refractivity contribution in [1.82, 2.24) is 10.9 Å². The van der Waals surface area contributed by atoms with Gasteiger partial charge in [0.25, 0.3) is 11.8 Å². The Kier molecular flexibility index (Phi) is 4.83. The van der Waals surface area contributed by atoms with Crippen molar-refractivity contribution in [1.29, 1.82) is 0 Å². The van der Waals surface area contributed by atoms with Crippen LogP contribution in [0.5, 0.6) is 0 Å². The van der Waals surface area contributed by atoms with Crippen LogP contribution < -0.4 is 10.9 Å². The topological polar surface area (TPSA) is 58.2 Å². The lowest BCUT2D eigenvalue weighted by molar-refractivity contribution is 0.0841. The van der Waals surface area contributed by atoms with E-state index in [0.717, 1.165) is 30.2 Å². The van der Waals surface area contributed by atoms with Crippen molar-refractivity contribution in [2.45, 2.75) is 13.3 Å². The largest absolute Gasteiger partial charge is 0.275 e. The molecule has 0 unspecified atom stereocenters. The third-order valence-corrected chi connectivity index (χ3v) is 3.10. The van der Waals surface area contributed by atoms with Gasteiger partial charge in [0.2, 0.25) is 0 Å². The summed E-state index contributed by atoms with van der Waals surface area (Å²) in [5.74, 6) is -3.64. The van der Waals surface area contributed by atoms with E-state index < -0.39 is 29.0 Å². The average molecular weight is 304 g/mol. The number of rotatable bonds is 3. The molecule has 0 saturated carbocycles. The van der Waals surface area contributed by atoms with E-state index in [0.29, 0.717) is 5.56 Å². The number of hydrogen-bond acceptors (Lipinski definition) is 2. The van der Waals surface area contributed by atoms with Crippen LogP contribution in [0.2, 0.25) is 0 Å². The molecule has 0 aromatic heterocycles. The molecule has 2 N–H and O–H groups in total. The van der Waals surface area contributed by atoms with Crippen LogP contribution in [0.3, 0.4) is 0 Å². The molecule has 22 heavy (non-hydrogen) atoms. The van der Waals surface area contributed by atoms with Crippen LogP contribution in [0.15, 0.2) is 42.5 Å². The molecule has 4 nitrogen and oxygen atoms in total. The fourth-order valence-corrected chi connectivity index (χ4v) is 1.85. The number of aryl methyl sites for hydroxylation is 1. The molecule has 6 heteroatoms. The van der Waals surface area contributed by atoms with Gasteiger partial charge in [-0.25, -0.2) is 8.78 Å². The number of hydrogen-bond donors (Lipinski definition) is 2. The van der Waals surface area contributed by atoms with E-state index in [2.05, 4.69) is 5.43 Å². The van der Waals surface area contributed by atoms with Crippen molar-refractivity contribution in [2.75, 3.05) is 0 Å². The highest BCUT2D eigenvalue weighted by molar-refractivity contribution is 5.99. The van der Waals surface area contributed by atoms with Crippen molar-refractivity contribution in [2.24, 2.45) is 0 Å². The Balaban J connectivity index is 2.02. The summed E-state index contributed by atoms with van der Waals surface area (Å²) in [4.78, 5) is 23.6. The van der Waals surface area contributed by atoms with E-state index in [-0.39, 0.29) is 0 Å². The molecule has 0 heterocycles. The number of halogens is 2. The van der Waals surface area contributed by atoms with E-state index in [4.69, 9.17) is 0 Å². The van der Waals surface area contributed by atoms with E-state index in [9.17, 15) is 18.4 Å². The van der Waals surface area contributed by atoms with Gasteiger partial charge in [-0.3, -0.25) is 20.4 Å². The van der Waals surface area contributed by atoms with Gasteiger partial charge in [0.05, 0.1) is 0 Å². The van der Waals surface area contributed by atoms with Gasteiger partial charge in [0.15, 0.2) is 0 Å². The minimum absolute atomic E-state index is 0.325. The molecule has 114 valence electrons. The maximum atomic E-state index is 13.4. The van der Waals surface area contributed by atoms with Crippen molar-refractivity contribution in [3.05, 3.63) is 70.8 Å². The molecule has 0 saturated heterocycles. The van der Waals surface area contributed by atoms with E-state index >= 15 is 0 Å². The van der Waals surface area contributed by atoms with Crippen LogP contribution in [0.25, 0.3) is 0 Å². The highest BCUT2D eigenvalue weighted by Crippen LogP contribution is 2.11. The fraction of sp³-hybridized carbons (Fsp3) is 0.125. The van der Waals surface area contributed by atoms with Crippen LogP contribution in [-0.2, 0) is 6.42 Å². The van der Waals surface area contributed by atoms with Crippen LogP contribution in [0.4, 0.5) is 8.78 Å². The third-order valence-electron chi connectivity index (χ3n) is 3.10. The number of hydrazine groups is 1. The second-order valence-electron chi connectivity index (χ2n) is 4.56. The number of carbonyl (C=O) groups is 2. The molecule has 0 atom stereocenters. The van der Waals surface area contributed by atoms with Crippen LogP contribution >= 0.6 is 0 Å². The lowest BCUT2D eigenvalue weighted by atomic mass is 10.1. The zero-order valence-corrected chi connectivity index (χ0v) is 11.8. The minimum atomic E-state index is -1.06. The van der Waals surface area contributed by atoms with Crippen LogP contribution in [-0.4, -0.2) is 11.8 Å². The van der Waals surface area contributed by atoms with Crippen LogP contribution in [0.1, 0.15) is 33.2 Å². The van der Waals surface area contributed by atoms with Gasteiger partial charge >= 0.3 is 0 Å². The molecule has 0 spiro atoms. The summed E-state index contributed by atoms with van der Waals surface area (Å²) in [6, 6.07) is 9.84. The fourth-order valence-electron chi connectivity index (χ4n) is 1.85. The number of amides is 2. The molecule has 0 bridgehead atoms. The Hall–Kier alpha value is -2.76. The summed E-state index contributed by atoms with van der Waals surface area (Å²) in [6.45, 7) is 1.98. The molecule has 2 rings (SSSR count). The van der Waals surface area contributed by atoms with Gasteiger partial charge in [-0.15, -0.1) is 0 Å². The predicted octanol–water partition coefficient (Wildman–Crippen LogP) is 2.60. The normalized spacial score (nSPS) is 10.1. The maximum absolute atomic E-state index is 13.4. The monoisotopic (exact) mass is 304 g/mol. The summed E-state index contributed by atoms with van der Waals surface area (Å²) >= 11 is 0. The zero-order valence-electron chi connectivity index (χ0n) is 11.8. The Morgan fingerprint density at radius 3 is 2.00 bits per heavy atom. The van der Waals surface area contributed by atoms with Crippen molar-refractivity contribution < 1.29 is 18.4 Å². The molecule has 0 aliphatic heterocycles. The van der Waals surface area contributed by atoms with Gasteiger partial charge in [-0.1, -0.05) is 25.1 Å². The zero-order chi connectivity index (χ0) is 16.1. The van der Waals surface area contributed by atoms with Gasteiger partial charge in [0, 0.05) is 5.56 Å². The number of benzene rings is 2. The molecule has 2 amide bonds. The third kappa shape index (κ3) is 3.46. The maximum Gasteiger partial charge on any atom is 0.275 e. The first-order valence-corrected chi connectivity index (χ1v) is 6.66. The molecule has 0 aliphatic carbocycles. The van der Waals surface area contributed by atoms with E-state index in [1.165, 1.54) is 0 Å². The van der Waals surface area contributed by atoms with Gasteiger partial charge in [0.1, 0.15) is 17.2 Å². The second-order valence-corrected chi connectivity index (χ2v) is 4.56.